The van der Waals surface area contributed by atoms with Gasteiger partial charge in [-0.2, -0.15) is 0 Å². The lowest BCUT2D eigenvalue weighted by molar-refractivity contribution is 0.108. The van der Waals surface area contributed by atoms with Gasteiger partial charge in [0.2, 0.25) is 10.0 Å². The first-order valence-electron chi connectivity index (χ1n) is 6.83. The van der Waals surface area contributed by atoms with Crippen molar-refractivity contribution in [3.8, 4) is 0 Å². The molecule has 25 heavy (non-hydrogen) atoms. The molecule has 0 saturated heterocycles. The molecule has 0 saturated carbocycles. The molecule has 1 aromatic heterocycles. The van der Waals surface area contributed by atoms with Gasteiger partial charge >= 0.3 is 6.09 Å². The Morgan fingerprint density at radius 3 is 2.44 bits per heavy atom. The number of nitrogens with two attached hydrogens (primary N) is 1. The van der Waals surface area contributed by atoms with Gasteiger partial charge in [-0.15, -0.1) is 0 Å². The van der Waals surface area contributed by atoms with Crippen LogP contribution in [0.15, 0.2) is 16.7 Å². The molecule has 2 unspecified atom stereocenters. The van der Waals surface area contributed by atoms with Crippen LogP contribution in [0.3, 0.4) is 0 Å². The molecule has 0 aliphatic carbocycles. The molecule has 1 amide bonds. The predicted octanol–water partition coefficient (Wildman–Crippen LogP) is 1.34. The summed E-state index contributed by atoms with van der Waals surface area (Å²) in [5, 5.41) is 9.72. The van der Waals surface area contributed by atoms with E-state index in [9.17, 15) is 22.5 Å². The summed E-state index contributed by atoms with van der Waals surface area (Å²) in [4.78, 5) is 15.4. The predicted molar refractivity (Wildman–Crippen MR) is 96.5 cm³/mol. The van der Waals surface area contributed by atoms with Gasteiger partial charge in [0.15, 0.2) is 11.1 Å². The van der Waals surface area contributed by atoms with Crippen molar-refractivity contribution in [1.82, 2.24) is 9.99 Å². The normalized spacial score (nSPS) is 14.2. The van der Waals surface area contributed by atoms with Crippen LogP contribution in [0, 0.1) is 5.92 Å². The Bertz CT molecular complexity index is 773. The maximum absolute atomic E-state index is 12.1. The number of amides is 1. The maximum atomic E-state index is 12.1. The molecule has 0 spiro atoms. The van der Waals surface area contributed by atoms with Crippen molar-refractivity contribution in [2.45, 2.75) is 19.9 Å². The Balaban J connectivity index is 3.67. The van der Waals surface area contributed by atoms with Crippen LogP contribution in [0.5, 0.6) is 0 Å². The van der Waals surface area contributed by atoms with Crippen LogP contribution in [0.1, 0.15) is 25.6 Å². The summed E-state index contributed by atoms with van der Waals surface area (Å²) in [5.41, 5.74) is 0.0219. The fourth-order valence-corrected chi connectivity index (χ4v) is 4.40. The van der Waals surface area contributed by atoms with Gasteiger partial charge in [-0.05, 0) is 27.9 Å². The molecule has 0 aromatic carbocycles. The Morgan fingerprint density at radius 1 is 1.48 bits per heavy atom. The van der Waals surface area contributed by atoms with Gasteiger partial charge in [0.25, 0.3) is 0 Å². The fourth-order valence-electron chi connectivity index (χ4n) is 2.20. The lowest BCUT2D eigenvalue weighted by Crippen LogP contribution is -2.43. The molecule has 0 aliphatic rings. The lowest BCUT2D eigenvalue weighted by atomic mass is 9.98. The number of hydrogen-bond acceptors (Lipinski definition) is 6. The Morgan fingerprint density at radius 2 is 2.04 bits per heavy atom. The minimum Gasteiger partial charge on any atom is -0.464 e. The second kappa shape index (κ2) is 8.40. The zero-order chi connectivity index (χ0) is 19.5. The van der Waals surface area contributed by atoms with E-state index in [1.807, 2.05) is 0 Å². The first-order valence-corrected chi connectivity index (χ1v) is 10.8. The number of hydrogen-bond donors (Lipinski definition) is 3. The van der Waals surface area contributed by atoms with E-state index in [1.54, 1.807) is 13.8 Å². The smallest absolute Gasteiger partial charge is 0.422 e. The molecule has 1 aromatic rings. The maximum Gasteiger partial charge on any atom is 0.422 e. The number of anilines is 1. The Hall–Kier alpha value is -1.28. The standard InChI is InChI=1S/C12H19BrN4O6S2/c1-7(2)11(17(14)12(18)19)10-9(4-8(13)5-15-10)16(6-24(20)21)25(3,22)23/h4-5,7,11H,6,14H2,1-3H3,(H,18,19)(H,20,21). The van der Waals surface area contributed by atoms with Gasteiger partial charge in [0.05, 0.1) is 23.7 Å². The van der Waals surface area contributed by atoms with Gasteiger partial charge in [0, 0.05) is 10.7 Å². The van der Waals surface area contributed by atoms with E-state index < -0.39 is 39.1 Å². The Kier molecular flexibility index (Phi) is 7.31. The molecular weight excluding hydrogens is 440 g/mol. The highest BCUT2D eigenvalue weighted by Gasteiger charge is 2.33. The molecule has 0 bridgehead atoms. The van der Waals surface area contributed by atoms with Crippen LogP contribution < -0.4 is 10.1 Å². The van der Waals surface area contributed by atoms with Crippen molar-refractivity contribution in [1.29, 1.82) is 0 Å². The van der Waals surface area contributed by atoms with Crippen LogP contribution in [0.4, 0.5) is 10.5 Å². The van der Waals surface area contributed by atoms with Gasteiger partial charge in [-0.25, -0.2) is 28.3 Å². The molecule has 10 nitrogen and oxygen atoms in total. The molecule has 0 aliphatic heterocycles. The zero-order valence-electron chi connectivity index (χ0n) is 13.7. The molecule has 1 rings (SSSR count). The summed E-state index contributed by atoms with van der Waals surface area (Å²) in [6.07, 6.45) is 0.804. The number of nitrogens with zero attached hydrogens (tertiary/aromatic N) is 3. The van der Waals surface area contributed by atoms with Gasteiger partial charge < -0.3 is 9.66 Å². The number of carbonyl (C=O) groups is 1. The molecule has 13 heteroatoms. The first kappa shape index (κ1) is 21.8. The highest BCUT2D eigenvalue weighted by atomic mass is 79.9. The van der Waals surface area contributed by atoms with Crippen molar-refractivity contribution in [3.63, 3.8) is 0 Å². The number of sulfonamides is 1. The molecular formula is C12H19BrN4O6S2. The first-order chi connectivity index (χ1) is 11.4. The summed E-state index contributed by atoms with van der Waals surface area (Å²) in [7, 11) is -3.94. The SMILES string of the molecule is CC(C)C(c1ncc(Br)cc1N(CS(=O)O)S(C)(=O)=O)N(N)C(=O)O. The van der Waals surface area contributed by atoms with Gasteiger partial charge in [0.1, 0.15) is 5.88 Å². The number of halogens is 1. The summed E-state index contributed by atoms with van der Waals surface area (Å²) >= 11 is 0.708. The van der Waals surface area contributed by atoms with Crippen LogP contribution >= 0.6 is 15.9 Å². The van der Waals surface area contributed by atoms with Crippen LogP contribution in [-0.2, 0) is 21.1 Å². The zero-order valence-corrected chi connectivity index (χ0v) is 16.9. The summed E-state index contributed by atoms with van der Waals surface area (Å²) in [6, 6.07) is 0.401. The van der Waals surface area contributed by atoms with Crippen molar-refractivity contribution >= 4 is 48.8 Å². The topological polar surface area (TPSA) is 154 Å². The third-order valence-corrected chi connectivity index (χ3v) is 5.40. The number of rotatable bonds is 7. The summed E-state index contributed by atoms with van der Waals surface area (Å²) in [6.45, 7) is 3.38. The third-order valence-electron chi connectivity index (χ3n) is 3.19. The average molecular weight is 459 g/mol. The minimum atomic E-state index is -3.94. The van der Waals surface area contributed by atoms with E-state index >= 15 is 0 Å². The highest BCUT2D eigenvalue weighted by molar-refractivity contribution is 9.10. The second-order valence-electron chi connectivity index (χ2n) is 5.50. The molecule has 142 valence electrons. The third kappa shape index (κ3) is 5.60. The van der Waals surface area contributed by atoms with Crippen LogP contribution in [0.2, 0.25) is 0 Å². The molecule has 0 radical (unpaired) electrons. The van der Waals surface area contributed by atoms with E-state index in [0.29, 0.717) is 13.8 Å². The van der Waals surface area contributed by atoms with E-state index in [2.05, 4.69) is 20.9 Å². The van der Waals surface area contributed by atoms with Crippen molar-refractivity contribution < 1.29 is 27.1 Å². The van der Waals surface area contributed by atoms with Crippen molar-refractivity contribution in [3.05, 3.63) is 22.4 Å². The minimum absolute atomic E-state index is 0.0327. The van der Waals surface area contributed by atoms with Gasteiger partial charge in [-0.1, -0.05) is 13.8 Å². The van der Waals surface area contributed by atoms with E-state index in [4.69, 9.17) is 10.4 Å². The van der Waals surface area contributed by atoms with Gasteiger partial charge in [-0.3, -0.25) is 9.29 Å². The highest BCUT2D eigenvalue weighted by Crippen LogP contribution is 2.35. The molecule has 1 heterocycles. The van der Waals surface area contributed by atoms with E-state index in [1.165, 1.54) is 12.3 Å². The summed E-state index contributed by atoms with van der Waals surface area (Å²) < 4.78 is 45.7. The second-order valence-corrected chi connectivity index (χ2v) is 9.22. The van der Waals surface area contributed by atoms with Crippen molar-refractivity contribution in [2.75, 3.05) is 16.4 Å². The van der Waals surface area contributed by atoms with Crippen LogP contribution in [0.25, 0.3) is 0 Å². The van der Waals surface area contributed by atoms with E-state index in [0.717, 1.165) is 6.26 Å². The quantitative estimate of drug-likeness (QED) is 0.239. The van der Waals surface area contributed by atoms with E-state index in [-0.39, 0.29) is 17.3 Å². The molecule has 0 fully saturated rings. The average Bonchev–Trinajstić information content (AvgIpc) is 2.44. The van der Waals surface area contributed by atoms with Crippen LogP contribution in [-0.4, -0.2) is 50.5 Å². The van der Waals surface area contributed by atoms with Crippen molar-refractivity contribution in [2.24, 2.45) is 11.8 Å². The lowest BCUT2D eigenvalue weighted by Gasteiger charge is -2.31. The number of aromatic nitrogens is 1. The monoisotopic (exact) mass is 458 g/mol. The fraction of sp³-hybridized carbons (Fsp3) is 0.500. The molecule has 4 N–H and O–H groups in total. The molecule has 2 atom stereocenters. The summed E-state index contributed by atoms with van der Waals surface area (Å²) in [5.74, 6) is 4.53. The Labute approximate surface area is 156 Å². The number of pyridine rings is 1. The largest absolute Gasteiger partial charge is 0.464 e. The number of carboxylic acid groups (broad SMARTS) is 1. The number of hydrazine groups is 1.